The first-order valence-electron chi connectivity index (χ1n) is 19.9. The van der Waals surface area contributed by atoms with Crippen LogP contribution in [-0.2, 0) is 15.7 Å². The molecule has 3 fully saturated rings. The van der Waals surface area contributed by atoms with E-state index in [2.05, 4.69) is 53.3 Å². The first-order chi connectivity index (χ1) is 26.5. The number of aromatic nitrogens is 4. The van der Waals surface area contributed by atoms with Crippen molar-refractivity contribution in [1.82, 2.24) is 25.3 Å². The number of nitrogen functional groups attached to an aromatic ring is 1. The molecule has 0 atom stereocenters. The van der Waals surface area contributed by atoms with E-state index in [4.69, 9.17) is 5.73 Å². The van der Waals surface area contributed by atoms with Gasteiger partial charge in [-0.2, -0.15) is 0 Å². The van der Waals surface area contributed by atoms with Gasteiger partial charge in [-0.15, -0.1) is 0 Å². The molecule has 5 aliphatic rings. The molecule has 9 rings (SSSR count). The molecule has 294 valence electrons. The first kappa shape index (κ1) is 42.8. The summed E-state index contributed by atoms with van der Waals surface area (Å²) >= 11 is 0. The molecule has 2 aromatic heterocycles. The summed E-state index contributed by atoms with van der Waals surface area (Å²) in [5, 5.41) is 13.0. The average molecular weight is 798 g/mol. The maximum Gasteiger partial charge on any atom is 1.00 e. The summed E-state index contributed by atoms with van der Waals surface area (Å²) in [6, 6.07) is 8.28. The van der Waals surface area contributed by atoms with E-state index < -0.39 is 0 Å². The van der Waals surface area contributed by atoms with Gasteiger partial charge in [-0.25, -0.2) is 19.9 Å². The van der Waals surface area contributed by atoms with Crippen molar-refractivity contribution in [1.29, 1.82) is 0 Å². The quantitative estimate of drug-likeness (QED) is 0.162. The molecule has 4 aromatic rings. The standard InChI is InChI=1S/C24H28N4O2.C19H23N5O.K.H2O/c1-14-10-17(11-18-20(14)19(29)12-24(18)8-4-3-5-9-24)27-21-15(2)22(26-13-25-21)28-23(30)16-6-7-16;1-11-8-13(23-17-12(2)16(20)21-10-22-17)9-14-15(11)18(25)24-19(14)6-4-3-5-7-19;;/h10-11,13,16H,3-9,12H2,1-2H3,(H2,25,26,27,28,30);8-10H,3-7H2,1-2H3,(H,24,25)(H3,20,21,22,23);;1H2/q;;+1;/p-1. The smallest absolute Gasteiger partial charge is 0.870 e. The molecule has 0 bridgehead atoms. The van der Waals surface area contributed by atoms with Crippen LogP contribution in [-0.4, -0.2) is 43.0 Å². The van der Waals surface area contributed by atoms with Gasteiger partial charge in [-0.1, -0.05) is 38.5 Å². The van der Waals surface area contributed by atoms with E-state index in [9.17, 15) is 14.4 Å². The molecule has 0 saturated heterocycles. The van der Waals surface area contributed by atoms with Gasteiger partial charge in [0.25, 0.3) is 5.91 Å². The molecule has 1 aliphatic heterocycles. The van der Waals surface area contributed by atoms with Crippen molar-refractivity contribution in [2.24, 2.45) is 5.92 Å². The number of Topliss-reactive ketones (excluding diaryl/α,β-unsaturated/α-hetero) is 1. The number of amides is 2. The van der Waals surface area contributed by atoms with Crippen molar-refractivity contribution in [3.63, 3.8) is 0 Å². The number of nitrogens with zero attached hydrogens (tertiary/aromatic N) is 4. The van der Waals surface area contributed by atoms with Crippen molar-refractivity contribution in [2.75, 3.05) is 21.7 Å². The number of rotatable bonds is 6. The Hall–Kier alpha value is -3.79. The van der Waals surface area contributed by atoms with Gasteiger partial charge in [0.2, 0.25) is 5.91 Å². The molecule has 13 nitrogen and oxygen atoms in total. The Morgan fingerprint density at radius 1 is 0.719 bits per heavy atom. The Bertz CT molecular complexity index is 2210. The fraction of sp³-hybridized carbons (Fsp3) is 0.465. The number of carbonyl (C=O) groups is 3. The minimum Gasteiger partial charge on any atom is -0.870 e. The fourth-order valence-electron chi connectivity index (χ4n) is 9.38. The van der Waals surface area contributed by atoms with Crippen LogP contribution in [0.15, 0.2) is 36.9 Å². The zero-order valence-corrected chi connectivity index (χ0v) is 36.9. The molecule has 2 amide bonds. The van der Waals surface area contributed by atoms with Gasteiger partial charge in [0.15, 0.2) is 5.78 Å². The monoisotopic (exact) mass is 797 g/mol. The number of carbonyl (C=O) groups excluding carboxylic acids is 3. The van der Waals surface area contributed by atoms with Crippen LogP contribution in [0.1, 0.15) is 138 Å². The third kappa shape index (κ3) is 8.39. The van der Waals surface area contributed by atoms with Crippen molar-refractivity contribution < 1.29 is 71.2 Å². The predicted molar refractivity (Wildman–Crippen MR) is 216 cm³/mol. The van der Waals surface area contributed by atoms with E-state index in [1.165, 1.54) is 43.9 Å². The van der Waals surface area contributed by atoms with E-state index in [-0.39, 0.29) is 85.5 Å². The van der Waals surface area contributed by atoms with Crippen LogP contribution in [0.2, 0.25) is 0 Å². The van der Waals surface area contributed by atoms with Crippen molar-refractivity contribution in [3.8, 4) is 0 Å². The van der Waals surface area contributed by atoms with Gasteiger partial charge >= 0.3 is 51.4 Å². The zero-order chi connectivity index (χ0) is 38.5. The van der Waals surface area contributed by atoms with Crippen LogP contribution in [0.25, 0.3) is 0 Å². The number of ketones is 1. The molecule has 0 radical (unpaired) electrons. The van der Waals surface area contributed by atoms with Crippen molar-refractivity contribution in [2.45, 2.75) is 122 Å². The predicted octanol–water partition coefficient (Wildman–Crippen LogP) is 5.12. The SMILES string of the molecule is Cc1cc(Nc2ncnc(N)c2C)cc2c1C(=O)NC21CCCCC1.Cc1cc(Nc2ncnc(NC(=O)C3CC3)c2C)cc2c1C(=O)CC21CCCCC1.[K+].[OH-]. The second-order valence-electron chi connectivity index (χ2n) is 16.4. The number of aryl methyl sites for hydroxylation is 2. The number of anilines is 6. The van der Waals surface area contributed by atoms with Crippen molar-refractivity contribution >= 4 is 52.2 Å². The van der Waals surface area contributed by atoms with Crippen LogP contribution in [0.3, 0.4) is 0 Å². The van der Waals surface area contributed by atoms with E-state index >= 15 is 0 Å². The van der Waals surface area contributed by atoms with Crippen LogP contribution in [0.5, 0.6) is 0 Å². The van der Waals surface area contributed by atoms with Crippen molar-refractivity contribution in [3.05, 3.63) is 81.4 Å². The van der Waals surface area contributed by atoms with E-state index in [1.807, 2.05) is 39.8 Å². The summed E-state index contributed by atoms with van der Waals surface area (Å²) in [4.78, 5) is 54.5. The summed E-state index contributed by atoms with van der Waals surface area (Å²) in [7, 11) is 0. The van der Waals surface area contributed by atoms with Gasteiger partial charge in [0.1, 0.15) is 35.9 Å². The first-order valence-corrected chi connectivity index (χ1v) is 19.9. The number of benzene rings is 2. The second-order valence-corrected chi connectivity index (χ2v) is 16.4. The van der Waals surface area contributed by atoms with E-state index in [1.54, 1.807) is 0 Å². The summed E-state index contributed by atoms with van der Waals surface area (Å²) < 4.78 is 0. The molecular weight excluding hydrogens is 746 g/mol. The minimum absolute atomic E-state index is 0. The minimum atomic E-state index is -0.202. The molecule has 3 saturated carbocycles. The summed E-state index contributed by atoms with van der Waals surface area (Å²) in [6.07, 6.45) is 16.9. The normalized spacial score (nSPS) is 18.2. The summed E-state index contributed by atoms with van der Waals surface area (Å²) in [5.41, 5.74) is 15.3. The second kappa shape index (κ2) is 17.2. The molecule has 3 heterocycles. The number of hydrogen-bond donors (Lipinski definition) is 5. The maximum atomic E-state index is 12.8. The van der Waals surface area contributed by atoms with Gasteiger partial charge in [0, 0.05) is 51.4 Å². The topological polar surface area (TPSA) is 207 Å². The molecule has 2 aromatic carbocycles. The summed E-state index contributed by atoms with van der Waals surface area (Å²) in [6.45, 7) is 7.83. The van der Waals surface area contributed by atoms with Gasteiger partial charge in [0.05, 0.1) is 5.54 Å². The average Bonchev–Trinajstić information content (AvgIpc) is 3.93. The molecule has 4 aliphatic carbocycles. The molecule has 0 unspecified atom stereocenters. The molecule has 57 heavy (non-hydrogen) atoms. The van der Waals surface area contributed by atoms with E-state index in [0.29, 0.717) is 35.5 Å². The number of fused-ring (bicyclic) bond motifs is 4. The van der Waals surface area contributed by atoms with Gasteiger partial charge in [-0.05, 0) is 113 Å². The molecule has 14 heteroatoms. The Balaban J connectivity index is 0.000000189. The molecular formula is C43H52KN9O4. The summed E-state index contributed by atoms with van der Waals surface area (Å²) in [5.74, 6) is 2.91. The molecule has 2 spiro atoms. The van der Waals surface area contributed by atoms with E-state index in [0.717, 1.165) is 102 Å². The fourth-order valence-corrected chi connectivity index (χ4v) is 9.38. The number of hydrogen-bond acceptors (Lipinski definition) is 11. The van der Waals surface area contributed by atoms with Crippen LogP contribution < -0.4 is 78.4 Å². The zero-order valence-electron chi connectivity index (χ0n) is 33.8. The van der Waals surface area contributed by atoms with Gasteiger partial charge in [-0.3, -0.25) is 14.4 Å². The third-order valence-corrected chi connectivity index (χ3v) is 12.6. The maximum absolute atomic E-state index is 12.8. The number of nitrogens with one attached hydrogen (secondary N) is 4. The molecule has 7 N–H and O–H groups in total. The largest absolute Gasteiger partial charge is 1.00 e. The Kier molecular flexibility index (Phi) is 12.9. The Labute approximate surface area is 376 Å². The Morgan fingerprint density at radius 3 is 1.89 bits per heavy atom. The van der Waals surface area contributed by atoms with Gasteiger partial charge < -0.3 is 32.5 Å². The van der Waals surface area contributed by atoms with Crippen LogP contribution in [0.4, 0.5) is 34.6 Å². The third-order valence-electron chi connectivity index (χ3n) is 12.6. The Morgan fingerprint density at radius 2 is 1.26 bits per heavy atom. The number of nitrogens with two attached hydrogens (primary N) is 1. The van der Waals surface area contributed by atoms with Crippen LogP contribution in [0, 0.1) is 33.6 Å². The van der Waals surface area contributed by atoms with Crippen LogP contribution >= 0.6 is 0 Å².